The van der Waals surface area contributed by atoms with Crippen molar-refractivity contribution in [2.24, 2.45) is 5.92 Å². The van der Waals surface area contributed by atoms with Crippen LogP contribution in [0.2, 0.25) is 0 Å². The lowest BCUT2D eigenvalue weighted by molar-refractivity contribution is -0.135. The molecule has 0 saturated carbocycles. The van der Waals surface area contributed by atoms with Gasteiger partial charge in [0.25, 0.3) is 0 Å². The van der Waals surface area contributed by atoms with E-state index in [1.54, 1.807) is 17.0 Å². The third-order valence-corrected chi connectivity index (χ3v) is 7.56. The molecule has 2 saturated heterocycles. The zero-order valence-corrected chi connectivity index (χ0v) is 18.2. The van der Waals surface area contributed by atoms with Gasteiger partial charge in [-0.2, -0.15) is 4.31 Å². The van der Waals surface area contributed by atoms with Crippen molar-refractivity contribution >= 4 is 15.9 Å². The molecule has 1 atom stereocenters. The van der Waals surface area contributed by atoms with Gasteiger partial charge in [-0.15, -0.1) is 0 Å². The Kier molecular flexibility index (Phi) is 6.44. The normalized spacial score (nSPS) is 22.9. The van der Waals surface area contributed by atoms with E-state index in [4.69, 9.17) is 0 Å². The van der Waals surface area contributed by atoms with Crippen molar-refractivity contribution in [2.75, 3.05) is 52.9 Å². The molecule has 0 bridgehead atoms. The van der Waals surface area contributed by atoms with Crippen LogP contribution in [0.4, 0.5) is 0 Å². The molecule has 2 fully saturated rings. The average Bonchev–Trinajstić information content (AvgIpc) is 3.10. The first kappa shape index (κ1) is 21.2. The molecule has 1 aromatic carbocycles. The summed E-state index contributed by atoms with van der Waals surface area (Å²) in [5.41, 5.74) is 1.02. The predicted molar refractivity (Wildman–Crippen MR) is 109 cm³/mol. The van der Waals surface area contributed by atoms with Crippen LogP contribution in [0.3, 0.4) is 0 Å². The van der Waals surface area contributed by atoms with Gasteiger partial charge in [-0.05, 0) is 32.0 Å². The number of carbonyl (C=O) groups is 1. The smallest absolute Gasteiger partial charge is 0.244 e. The Morgan fingerprint density at radius 1 is 1.04 bits per heavy atom. The van der Waals surface area contributed by atoms with Crippen LogP contribution in [-0.2, 0) is 14.8 Å². The van der Waals surface area contributed by atoms with Crippen LogP contribution in [0, 0.1) is 12.8 Å². The van der Waals surface area contributed by atoms with Crippen LogP contribution in [0.1, 0.15) is 19.4 Å². The number of rotatable bonds is 5. The molecule has 1 unspecified atom stereocenters. The lowest BCUT2D eigenvalue weighted by Crippen LogP contribution is -2.52. The van der Waals surface area contributed by atoms with E-state index < -0.39 is 16.2 Å². The fourth-order valence-corrected chi connectivity index (χ4v) is 5.70. The van der Waals surface area contributed by atoms with E-state index in [1.807, 2.05) is 32.9 Å². The molecule has 8 heteroatoms. The summed E-state index contributed by atoms with van der Waals surface area (Å²) in [5, 5.41) is 0. The van der Waals surface area contributed by atoms with E-state index in [9.17, 15) is 13.2 Å². The van der Waals surface area contributed by atoms with E-state index in [1.165, 1.54) is 4.31 Å². The minimum Gasteiger partial charge on any atom is -0.323 e. The molecule has 0 radical (unpaired) electrons. The molecule has 1 aromatic rings. The lowest BCUT2D eigenvalue weighted by Gasteiger charge is -2.36. The SMILES string of the molecule is Cc1ccc(S(=O)(=O)N2CCN(C(=O)CN3CCN(C)CC3)C2C(C)C)cc1. The fourth-order valence-electron chi connectivity index (χ4n) is 3.99. The predicted octanol–water partition coefficient (Wildman–Crippen LogP) is 1.06. The minimum atomic E-state index is -3.64. The number of piperazine rings is 1. The molecule has 0 N–H and O–H groups in total. The van der Waals surface area contributed by atoms with E-state index in [-0.39, 0.29) is 16.7 Å². The third kappa shape index (κ3) is 4.40. The highest BCUT2D eigenvalue weighted by molar-refractivity contribution is 7.89. The molecule has 2 aliphatic rings. The highest BCUT2D eigenvalue weighted by atomic mass is 32.2. The number of aryl methyl sites for hydroxylation is 1. The molecule has 0 spiro atoms. The number of benzene rings is 1. The molecule has 3 rings (SSSR count). The number of hydrogen-bond acceptors (Lipinski definition) is 5. The van der Waals surface area contributed by atoms with Crippen molar-refractivity contribution in [3.8, 4) is 0 Å². The second-order valence-corrected chi connectivity index (χ2v) is 10.1. The zero-order chi connectivity index (χ0) is 20.5. The van der Waals surface area contributed by atoms with Crippen LogP contribution in [0.25, 0.3) is 0 Å². The first-order valence-corrected chi connectivity index (χ1v) is 11.4. The van der Waals surface area contributed by atoms with Gasteiger partial charge < -0.3 is 9.80 Å². The highest BCUT2D eigenvalue weighted by Crippen LogP contribution is 2.29. The van der Waals surface area contributed by atoms with Crippen molar-refractivity contribution in [1.29, 1.82) is 0 Å². The topological polar surface area (TPSA) is 64.2 Å². The van der Waals surface area contributed by atoms with E-state index in [0.29, 0.717) is 19.6 Å². The molecule has 7 nitrogen and oxygen atoms in total. The van der Waals surface area contributed by atoms with Crippen LogP contribution in [0.15, 0.2) is 29.2 Å². The van der Waals surface area contributed by atoms with Crippen LogP contribution in [0.5, 0.6) is 0 Å². The average molecular weight is 409 g/mol. The second kappa shape index (κ2) is 8.49. The van der Waals surface area contributed by atoms with Gasteiger partial charge in [0.05, 0.1) is 11.4 Å². The van der Waals surface area contributed by atoms with Crippen LogP contribution in [-0.4, -0.2) is 92.4 Å². The largest absolute Gasteiger partial charge is 0.323 e. The summed E-state index contributed by atoms with van der Waals surface area (Å²) < 4.78 is 28.0. The highest BCUT2D eigenvalue weighted by Gasteiger charge is 2.43. The fraction of sp³-hybridized carbons (Fsp3) is 0.650. The Morgan fingerprint density at radius 2 is 1.64 bits per heavy atom. The van der Waals surface area contributed by atoms with Gasteiger partial charge in [0.1, 0.15) is 6.17 Å². The number of nitrogens with zero attached hydrogens (tertiary/aromatic N) is 4. The first-order valence-electron chi connectivity index (χ1n) is 9.99. The summed E-state index contributed by atoms with van der Waals surface area (Å²) in [5.74, 6) is 0.0315. The van der Waals surface area contributed by atoms with Crippen LogP contribution >= 0.6 is 0 Å². The van der Waals surface area contributed by atoms with Gasteiger partial charge in [0, 0.05) is 39.3 Å². The van der Waals surface area contributed by atoms with Crippen LogP contribution < -0.4 is 0 Å². The van der Waals surface area contributed by atoms with Gasteiger partial charge in [-0.3, -0.25) is 9.69 Å². The van der Waals surface area contributed by atoms with Crippen molar-refractivity contribution < 1.29 is 13.2 Å². The summed E-state index contributed by atoms with van der Waals surface area (Å²) in [7, 11) is -1.55. The van der Waals surface area contributed by atoms with Crippen molar-refractivity contribution in [3.63, 3.8) is 0 Å². The van der Waals surface area contributed by atoms with Gasteiger partial charge >= 0.3 is 0 Å². The maximum Gasteiger partial charge on any atom is 0.244 e. The number of amides is 1. The Labute approximate surface area is 168 Å². The maximum absolute atomic E-state index is 13.2. The number of likely N-dealkylation sites (N-methyl/N-ethyl adjacent to an activating group) is 1. The molecule has 0 aromatic heterocycles. The Balaban J connectivity index is 1.76. The maximum atomic E-state index is 13.2. The van der Waals surface area contributed by atoms with E-state index in [2.05, 4.69) is 16.8 Å². The molecular weight excluding hydrogens is 376 g/mol. The summed E-state index contributed by atoms with van der Waals surface area (Å²) in [6, 6.07) is 6.92. The summed E-state index contributed by atoms with van der Waals surface area (Å²) in [6.07, 6.45) is -0.439. The second-order valence-electron chi connectivity index (χ2n) is 8.25. The molecular formula is C20H32N4O3S. The Bertz CT molecular complexity index is 786. The van der Waals surface area contributed by atoms with Gasteiger partial charge in [0.2, 0.25) is 15.9 Å². The van der Waals surface area contributed by atoms with E-state index in [0.717, 1.165) is 31.7 Å². The van der Waals surface area contributed by atoms with Gasteiger partial charge in [-0.25, -0.2) is 8.42 Å². The number of carbonyl (C=O) groups excluding carboxylic acids is 1. The summed E-state index contributed by atoms with van der Waals surface area (Å²) >= 11 is 0. The zero-order valence-electron chi connectivity index (χ0n) is 17.3. The molecule has 2 aliphatic heterocycles. The summed E-state index contributed by atoms with van der Waals surface area (Å²) in [6.45, 7) is 10.7. The molecule has 1 amide bonds. The van der Waals surface area contributed by atoms with Crippen molar-refractivity contribution in [3.05, 3.63) is 29.8 Å². The third-order valence-electron chi connectivity index (χ3n) is 5.67. The molecule has 28 heavy (non-hydrogen) atoms. The van der Waals surface area contributed by atoms with Gasteiger partial charge in [0.15, 0.2) is 0 Å². The number of sulfonamides is 1. The minimum absolute atomic E-state index is 0.0131. The quantitative estimate of drug-likeness (QED) is 0.729. The Morgan fingerprint density at radius 3 is 2.21 bits per heavy atom. The molecule has 156 valence electrons. The standard InChI is InChI=1S/C20H32N4O3S/c1-16(2)20-23(19(25)15-22-11-9-21(4)10-12-22)13-14-24(20)28(26,27)18-7-5-17(3)6-8-18/h5-8,16,20H,9-15H2,1-4H3. The molecule has 2 heterocycles. The Hall–Kier alpha value is -1.48. The van der Waals surface area contributed by atoms with Crippen molar-refractivity contribution in [1.82, 2.24) is 19.0 Å². The van der Waals surface area contributed by atoms with E-state index >= 15 is 0 Å². The molecule has 0 aliphatic carbocycles. The monoisotopic (exact) mass is 408 g/mol. The lowest BCUT2D eigenvalue weighted by atomic mass is 10.1. The van der Waals surface area contributed by atoms with Gasteiger partial charge in [-0.1, -0.05) is 31.5 Å². The summed E-state index contributed by atoms with van der Waals surface area (Å²) in [4.78, 5) is 19.5. The number of hydrogen-bond donors (Lipinski definition) is 0. The van der Waals surface area contributed by atoms with Crippen molar-refractivity contribution in [2.45, 2.75) is 31.8 Å². The first-order chi connectivity index (χ1) is 13.2.